The van der Waals surface area contributed by atoms with Gasteiger partial charge in [-0.15, -0.1) is 5.10 Å². The number of nitrogens with one attached hydrogen (secondary N) is 1. The van der Waals surface area contributed by atoms with Crippen molar-refractivity contribution >= 4 is 11.8 Å². The van der Waals surface area contributed by atoms with E-state index in [2.05, 4.69) is 20.8 Å². The molecular weight excluding hydrogens is 274 g/mol. The van der Waals surface area contributed by atoms with Gasteiger partial charge in [-0.25, -0.2) is 4.68 Å². The summed E-state index contributed by atoms with van der Waals surface area (Å²) in [7, 11) is 0. The molecule has 1 aliphatic heterocycles. The second-order valence-electron chi connectivity index (χ2n) is 5.53. The van der Waals surface area contributed by atoms with Gasteiger partial charge in [0, 0.05) is 25.4 Å². The standard InChI is InChI=1S/C13H23N5OS/c1-2-5-11(4-1)18-13(15-16-17-18)20-9-7-14-10-12-6-3-8-19-12/h11-12,14H,1-10H2. The van der Waals surface area contributed by atoms with Gasteiger partial charge in [-0.3, -0.25) is 0 Å². The maximum atomic E-state index is 5.59. The van der Waals surface area contributed by atoms with Crippen LogP contribution in [0, 0.1) is 0 Å². The number of ether oxygens (including phenoxy) is 1. The molecule has 0 spiro atoms. The van der Waals surface area contributed by atoms with Gasteiger partial charge in [0.05, 0.1) is 12.1 Å². The van der Waals surface area contributed by atoms with E-state index in [9.17, 15) is 0 Å². The molecule has 112 valence electrons. The van der Waals surface area contributed by atoms with Crippen molar-refractivity contribution in [2.24, 2.45) is 0 Å². The van der Waals surface area contributed by atoms with E-state index in [-0.39, 0.29) is 0 Å². The average Bonchev–Trinajstić information content (AvgIpc) is 3.20. The summed E-state index contributed by atoms with van der Waals surface area (Å²) < 4.78 is 7.61. The van der Waals surface area contributed by atoms with Crippen molar-refractivity contribution in [3.8, 4) is 0 Å². The van der Waals surface area contributed by atoms with Gasteiger partial charge in [-0.1, -0.05) is 24.6 Å². The molecule has 0 bridgehead atoms. The van der Waals surface area contributed by atoms with Crippen LogP contribution in [0.4, 0.5) is 0 Å². The van der Waals surface area contributed by atoms with Crippen molar-refractivity contribution in [3.05, 3.63) is 0 Å². The van der Waals surface area contributed by atoms with E-state index in [0.29, 0.717) is 12.1 Å². The molecule has 1 unspecified atom stereocenters. The smallest absolute Gasteiger partial charge is 0.209 e. The molecule has 7 heteroatoms. The Balaban J connectivity index is 1.36. The second kappa shape index (κ2) is 7.38. The van der Waals surface area contributed by atoms with Crippen LogP contribution in [0.25, 0.3) is 0 Å². The minimum atomic E-state index is 0.420. The molecule has 1 saturated heterocycles. The highest BCUT2D eigenvalue weighted by Gasteiger charge is 2.21. The fraction of sp³-hybridized carbons (Fsp3) is 0.923. The highest BCUT2D eigenvalue weighted by atomic mass is 32.2. The summed E-state index contributed by atoms with van der Waals surface area (Å²) in [6.07, 6.45) is 7.86. The monoisotopic (exact) mass is 297 g/mol. The van der Waals surface area contributed by atoms with Crippen LogP contribution in [0.3, 0.4) is 0 Å². The lowest BCUT2D eigenvalue weighted by atomic mass is 10.2. The molecular formula is C13H23N5OS. The van der Waals surface area contributed by atoms with Crippen molar-refractivity contribution in [2.75, 3.05) is 25.4 Å². The number of aromatic nitrogens is 4. The lowest BCUT2D eigenvalue weighted by Gasteiger charge is -2.12. The summed E-state index contributed by atoms with van der Waals surface area (Å²) in [6.45, 7) is 2.87. The van der Waals surface area contributed by atoms with Crippen molar-refractivity contribution in [1.29, 1.82) is 0 Å². The second-order valence-corrected chi connectivity index (χ2v) is 6.59. The molecule has 2 fully saturated rings. The van der Waals surface area contributed by atoms with Gasteiger partial charge < -0.3 is 10.1 Å². The first-order valence-corrected chi connectivity index (χ1v) is 8.65. The number of nitrogens with zero attached hydrogens (tertiary/aromatic N) is 4. The fourth-order valence-corrected chi connectivity index (χ4v) is 3.78. The lowest BCUT2D eigenvalue weighted by molar-refractivity contribution is 0.110. The van der Waals surface area contributed by atoms with E-state index in [1.165, 1.54) is 38.5 Å². The van der Waals surface area contributed by atoms with Crippen molar-refractivity contribution in [1.82, 2.24) is 25.5 Å². The molecule has 0 aromatic carbocycles. The minimum absolute atomic E-state index is 0.420. The summed E-state index contributed by atoms with van der Waals surface area (Å²) >= 11 is 1.75. The predicted octanol–water partition coefficient (Wildman–Crippen LogP) is 1.65. The zero-order chi connectivity index (χ0) is 13.6. The highest BCUT2D eigenvalue weighted by Crippen LogP contribution is 2.31. The Morgan fingerprint density at radius 1 is 1.25 bits per heavy atom. The Morgan fingerprint density at radius 2 is 2.15 bits per heavy atom. The maximum Gasteiger partial charge on any atom is 0.209 e. The van der Waals surface area contributed by atoms with E-state index in [1.54, 1.807) is 11.8 Å². The van der Waals surface area contributed by atoms with Gasteiger partial charge in [0.15, 0.2) is 0 Å². The molecule has 1 aliphatic carbocycles. The maximum absolute atomic E-state index is 5.59. The molecule has 1 aromatic rings. The average molecular weight is 297 g/mol. The Hall–Kier alpha value is -0.660. The Kier molecular flexibility index (Phi) is 5.27. The van der Waals surface area contributed by atoms with Crippen LogP contribution in [0.15, 0.2) is 5.16 Å². The number of rotatable bonds is 7. The molecule has 20 heavy (non-hydrogen) atoms. The third kappa shape index (κ3) is 3.71. The van der Waals surface area contributed by atoms with Gasteiger partial charge in [-0.2, -0.15) is 0 Å². The van der Waals surface area contributed by atoms with Crippen LogP contribution in [-0.2, 0) is 4.74 Å². The molecule has 1 saturated carbocycles. The topological polar surface area (TPSA) is 64.9 Å². The Bertz CT molecular complexity index is 401. The zero-order valence-electron chi connectivity index (χ0n) is 11.8. The molecule has 0 amide bonds. The van der Waals surface area contributed by atoms with E-state index in [1.807, 2.05) is 4.68 Å². The quantitative estimate of drug-likeness (QED) is 0.610. The van der Waals surface area contributed by atoms with Gasteiger partial charge >= 0.3 is 0 Å². The van der Waals surface area contributed by atoms with E-state index in [4.69, 9.17) is 4.74 Å². The Labute approximate surface area is 124 Å². The third-order valence-electron chi connectivity index (χ3n) is 4.04. The number of tetrazole rings is 1. The summed E-state index contributed by atoms with van der Waals surface area (Å²) in [5, 5.41) is 16.6. The molecule has 0 radical (unpaired) electrons. The van der Waals surface area contributed by atoms with Crippen molar-refractivity contribution in [2.45, 2.75) is 55.8 Å². The predicted molar refractivity (Wildman–Crippen MR) is 77.9 cm³/mol. The molecule has 1 atom stereocenters. The fourth-order valence-electron chi connectivity index (χ4n) is 2.94. The third-order valence-corrected chi connectivity index (χ3v) is 4.97. The number of hydrogen-bond acceptors (Lipinski definition) is 6. The van der Waals surface area contributed by atoms with Crippen LogP contribution in [0.2, 0.25) is 0 Å². The SMILES string of the molecule is C1COC(CNCCSc2nnnn2C2CCCC2)C1. The molecule has 1 N–H and O–H groups in total. The first-order valence-electron chi connectivity index (χ1n) is 7.66. The lowest BCUT2D eigenvalue weighted by Crippen LogP contribution is -2.28. The molecule has 2 heterocycles. The minimum Gasteiger partial charge on any atom is -0.377 e. The van der Waals surface area contributed by atoms with Crippen molar-refractivity contribution < 1.29 is 4.74 Å². The summed E-state index contributed by atoms with van der Waals surface area (Å²) in [6, 6.07) is 0.521. The summed E-state index contributed by atoms with van der Waals surface area (Å²) in [5.74, 6) is 1.000. The van der Waals surface area contributed by atoms with Gasteiger partial charge in [0.25, 0.3) is 0 Å². The van der Waals surface area contributed by atoms with Crippen LogP contribution < -0.4 is 5.32 Å². The van der Waals surface area contributed by atoms with Crippen LogP contribution in [-0.4, -0.2) is 51.8 Å². The van der Waals surface area contributed by atoms with Gasteiger partial charge in [0.1, 0.15) is 0 Å². The van der Waals surface area contributed by atoms with Crippen LogP contribution in [0.5, 0.6) is 0 Å². The normalized spacial score (nSPS) is 23.7. The number of thioether (sulfide) groups is 1. The van der Waals surface area contributed by atoms with E-state index >= 15 is 0 Å². The molecule has 6 nitrogen and oxygen atoms in total. The summed E-state index contributed by atoms with van der Waals surface area (Å²) in [5.41, 5.74) is 0. The highest BCUT2D eigenvalue weighted by molar-refractivity contribution is 7.99. The van der Waals surface area contributed by atoms with Gasteiger partial charge in [0.2, 0.25) is 5.16 Å². The zero-order valence-corrected chi connectivity index (χ0v) is 12.6. The van der Waals surface area contributed by atoms with E-state index in [0.717, 1.165) is 30.6 Å². The largest absolute Gasteiger partial charge is 0.377 e. The summed E-state index contributed by atoms with van der Waals surface area (Å²) in [4.78, 5) is 0. The molecule has 1 aromatic heterocycles. The van der Waals surface area contributed by atoms with E-state index < -0.39 is 0 Å². The number of hydrogen-bond donors (Lipinski definition) is 1. The first kappa shape index (κ1) is 14.3. The molecule has 2 aliphatic rings. The van der Waals surface area contributed by atoms with Crippen LogP contribution in [0.1, 0.15) is 44.6 Å². The molecule has 3 rings (SSSR count). The van der Waals surface area contributed by atoms with Crippen LogP contribution >= 0.6 is 11.8 Å². The first-order chi connectivity index (χ1) is 9.93. The Morgan fingerprint density at radius 3 is 2.95 bits per heavy atom. The van der Waals surface area contributed by atoms with Crippen molar-refractivity contribution in [3.63, 3.8) is 0 Å². The van der Waals surface area contributed by atoms with Gasteiger partial charge in [-0.05, 0) is 36.1 Å².